The Hall–Kier alpha value is -2.39. The summed E-state index contributed by atoms with van der Waals surface area (Å²) < 4.78 is 0. The average Bonchev–Trinajstić information content (AvgIpc) is 3.45. The number of aromatic nitrogens is 3. The van der Waals surface area contributed by atoms with Crippen LogP contribution in [0.25, 0.3) is 10.2 Å². The predicted octanol–water partition coefficient (Wildman–Crippen LogP) is 3.34. The largest absolute Gasteiger partial charge is 0.355 e. The maximum absolute atomic E-state index is 12.5. The number of anilines is 2. The van der Waals surface area contributed by atoms with Crippen LogP contribution in [0.15, 0.2) is 23.1 Å². The smallest absolute Gasteiger partial charge is 0.259 e. The molecule has 2 aliphatic rings. The zero-order valence-corrected chi connectivity index (χ0v) is 18.2. The summed E-state index contributed by atoms with van der Waals surface area (Å²) in [5.74, 6) is 2.18. The van der Waals surface area contributed by atoms with Crippen LogP contribution in [0.5, 0.6) is 0 Å². The Balaban J connectivity index is 1.21. The summed E-state index contributed by atoms with van der Waals surface area (Å²) in [6.45, 7) is 1.95. The van der Waals surface area contributed by atoms with Gasteiger partial charge in [0.25, 0.3) is 5.56 Å². The van der Waals surface area contributed by atoms with Crippen molar-refractivity contribution in [1.82, 2.24) is 15.0 Å². The van der Waals surface area contributed by atoms with Gasteiger partial charge in [0.2, 0.25) is 5.91 Å². The maximum atomic E-state index is 12.5. The molecule has 9 heteroatoms. The number of hydrogen-bond acceptors (Lipinski definition) is 7. The predicted molar refractivity (Wildman–Crippen MR) is 123 cm³/mol. The van der Waals surface area contributed by atoms with Gasteiger partial charge in [0.1, 0.15) is 10.7 Å². The van der Waals surface area contributed by atoms with E-state index >= 15 is 0 Å². The summed E-state index contributed by atoms with van der Waals surface area (Å²) in [6, 6.07) is 3.73. The van der Waals surface area contributed by atoms with E-state index < -0.39 is 0 Å². The van der Waals surface area contributed by atoms with Crippen LogP contribution in [0, 0.1) is 0 Å². The third-order valence-corrected chi connectivity index (χ3v) is 7.69. The molecule has 0 unspecified atom stereocenters. The minimum atomic E-state index is -0.0769. The number of amides is 1. The van der Waals surface area contributed by atoms with E-state index in [-0.39, 0.29) is 17.2 Å². The molecule has 4 heterocycles. The highest BCUT2D eigenvalue weighted by Gasteiger charge is 2.21. The van der Waals surface area contributed by atoms with Gasteiger partial charge in [0.15, 0.2) is 5.82 Å². The van der Waals surface area contributed by atoms with Gasteiger partial charge in [-0.1, -0.05) is 0 Å². The van der Waals surface area contributed by atoms with E-state index in [4.69, 9.17) is 0 Å². The first-order valence-electron chi connectivity index (χ1n) is 10.3. The topological polar surface area (TPSA) is 91.0 Å². The van der Waals surface area contributed by atoms with Crippen molar-refractivity contribution < 1.29 is 4.79 Å². The number of thiophene rings is 1. The molecule has 0 aromatic carbocycles. The lowest BCUT2D eigenvalue weighted by atomic mass is 10.2. The highest BCUT2D eigenvalue weighted by Crippen LogP contribution is 2.34. The normalized spacial score (nSPS) is 15.7. The van der Waals surface area contributed by atoms with Crippen LogP contribution in [0.2, 0.25) is 0 Å². The number of H-pyrrole nitrogens is 1. The number of rotatable bonds is 6. The van der Waals surface area contributed by atoms with Gasteiger partial charge < -0.3 is 15.2 Å². The average molecular weight is 442 g/mol. The van der Waals surface area contributed by atoms with E-state index in [1.807, 2.05) is 12.1 Å². The molecule has 7 nitrogen and oxygen atoms in total. The summed E-state index contributed by atoms with van der Waals surface area (Å²) in [7, 11) is 0. The van der Waals surface area contributed by atoms with Gasteiger partial charge in [-0.2, -0.15) is 0 Å². The zero-order chi connectivity index (χ0) is 20.5. The molecule has 0 saturated carbocycles. The number of pyridine rings is 1. The van der Waals surface area contributed by atoms with Crippen molar-refractivity contribution >= 4 is 50.7 Å². The molecule has 2 N–H and O–H groups in total. The lowest BCUT2D eigenvalue weighted by Crippen LogP contribution is -2.23. The van der Waals surface area contributed by atoms with Crippen LogP contribution >= 0.6 is 23.1 Å². The summed E-state index contributed by atoms with van der Waals surface area (Å²) in [5.41, 5.74) is 1.89. The molecule has 1 amide bonds. The molecule has 1 aliphatic carbocycles. The summed E-state index contributed by atoms with van der Waals surface area (Å²) in [6.07, 6.45) is 7.22. The first-order valence-corrected chi connectivity index (χ1v) is 12.3. The lowest BCUT2D eigenvalue weighted by molar-refractivity contribution is -0.113. The number of thioether (sulfide) groups is 1. The van der Waals surface area contributed by atoms with Gasteiger partial charge >= 0.3 is 0 Å². The SMILES string of the molecule is O=C(CSCc1nc2sc3c(c2c(=O)[nH]1)CCC3)Nc1cccnc1N1CCCC1. The number of nitrogens with zero attached hydrogens (tertiary/aromatic N) is 3. The van der Waals surface area contributed by atoms with Crippen LogP contribution in [-0.2, 0) is 23.4 Å². The first-order chi connectivity index (χ1) is 14.7. The van der Waals surface area contributed by atoms with Gasteiger partial charge in [-0.25, -0.2) is 9.97 Å². The number of hydrogen-bond donors (Lipinski definition) is 2. The number of aromatic amines is 1. The molecular weight excluding hydrogens is 418 g/mol. The first kappa shape index (κ1) is 19.6. The fourth-order valence-corrected chi connectivity index (χ4v) is 6.19. The van der Waals surface area contributed by atoms with Gasteiger partial charge in [-0.05, 0) is 49.8 Å². The Labute approximate surface area is 182 Å². The highest BCUT2D eigenvalue weighted by molar-refractivity contribution is 7.99. The van der Waals surface area contributed by atoms with E-state index in [0.717, 1.165) is 66.9 Å². The van der Waals surface area contributed by atoms with E-state index in [9.17, 15) is 9.59 Å². The molecule has 156 valence electrons. The third kappa shape index (κ3) is 3.83. The molecule has 30 heavy (non-hydrogen) atoms. The molecule has 3 aromatic heterocycles. The zero-order valence-electron chi connectivity index (χ0n) is 16.6. The monoisotopic (exact) mass is 441 g/mol. The van der Waals surface area contributed by atoms with Crippen molar-refractivity contribution in [2.24, 2.45) is 0 Å². The van der Waals surface area contributed by atoms with E-state index in [1.54, 1.807) is 17.5 Å². The van der Waals surface area contributed by atoms with Crippen molar-refractivity contribution in [2.75, 3.05) is 29.1 Å². The minimum absolute atomic E-state index is 0.0509. The van der Waals surface area contributed by atoms with Crippen LogP contribution in [-0.4, -0.2) is 39.7 Å². The summed E-state index contributed by atoms with van der Waals surface area (Å²) in [4.78, 5) is 41.4. The van der Waals surface area contributed by atoms with Crippen molar-refractivity contribution in [3.63, 3.8) is 0 Å². The van der Waals surface area contributed by atoms with Crippen LogP contribution in [0.3, 0.4) is 0 Å². The molecule has 0 bridgehead atoms. The van der Waals surface area contributed by atoms with Crippen molar-refractivity contribution in [1.29, 1.82) is 0 Å². The Morgan fingerprint density at radius 3 is 3.00 bits per heavy atom. The Morgan fingerprint density at radius 1 is 1.27 bits per heavy atom. The molecule has 0 spiro atoms. The van der Waals surface area contributed by atoms with Gasteiger partial charge in [-0.15, -0.1) is 23.1 Å². The number of carbonyl (C=O) groups is 1. The van der Waals surface area contributed by atoms with Gasteiger partial charge in [0.05, 0.1) is 22.6 Å². The molecule has 0 atom stereocenters. The Bertz CT molecular complexity index is 1150. The second-order valence-corrected chi connectivity index (χ2v) is 9.73. The van der Waals surface area contributed by atoms with E-state index in [2.05, 4.69) is 25.2 Å². The Morgan fingerprint density at radius 2 is 2.13 bits per heavy atom. The van der Waals surface area contributed by atoms with Crippen molar-refractivity contribution in [2.45, 2.75) is 37.9 Å². The lowest BCUT2D eigenvalue weighted by Gasteiger charge is -2.19. The molecule has 1 aliphatic heterocycles. The quantitative estimate of drug-likeness (QED) is 0.610. The molecule has 5 rings (SSSR count). The van der Waals surface area contributed by atoms with Crippen molar-refractivity contribution in [3.05, 3.63) is 44.9 Å². The minimum Gasteiger partial charge on any atom is -0.355 e. The molecule has 1 fully saturated rings. The van der Waals surface area contributed by atoms with Gasteiger partial charge in [-0.3, -0.25) is 9.59 Å². The van der Waals surface area contributed by atoms with Crippen molar-refractivity contribution in [3.8, 4) is 0 Å². The van der Waals surface area contributed by atoms with Crippen LogP contribution < -0.4 is 15.8 Å². The second kappa shape index (κ2) is 8.39. The maximum Gasteiger partial charge on any atom is 0.259 e. The summed E-state index contributed by atoms with van der Waals surface area (Å²) >= 11 is 3.08. The number of nitrogens with one attached hydrogen (secondary N) is 2. The third-order valence-electron chi connectivity index (χ3n) is 5.56. The second-order valence-electron chi connectivity index (χ2n) is 7.66. The molecule has 0 radical (unpaired) electrons. The molecular formula is C21H23N5O2S2. The van der Waals surface area contributed by atoms with Crippen LogP contribution in [0.4, 0.5) is 11.5 Å². The number of carbonyl (C=O) groups excluding carboxylic acids is 1. The summed E-state index contributed by atoms with van der Waals surface area (Å²) in [5, 5.41) is 3.76. The Kier molecular flexibility index (Phi) is 5.47. The standard InChI is InChI=1S/C21H23N5O2S2/c27-17(23-14-6-4-8-22-19(14)26-9-1-2-10-26)12-29-11-16-24-20(28)18-13-5-3-7-15(13)30-21(18)25-16/h4,6,8H,1-3,5,7,9-12H2,(H,23,27)(H,24,25,28). The van der Waals surface area contributed by atoms with Gasteiger partial charge in [0, 0.05) is 24.2 Å². The highest BCUT2D eigenvalue weighted by atomic mass is 32.2. The number of fused-ring (bicyclic) bond motifs is 3. The fourth-order valence-electron chi connectivity index (χ4n) is 4.22. The fraction of sp³-hybridized carbons (Fsp3) is 0.429. The van der Waals surface area contributed by atoms with E-state index in [1.165, 1.54) is 22.2 Å². The molecule has 3 aromatic rings. The number of aryl methyl sites for hydroxylation is 2. The van der Waals surface area contributed by atoms with Crippen LogP contribution in [0.1, 0.15) is 35.5 Å². The van der Waals surface area contributed by atoms with E-state index in [0.29, 0.717) is 11.6 Å². The molecule has 1 saturated heterocycles.